The van der Waals surface area contributed by atoms with Gasteiger partial charge >= 0.3 is 0 Å². The molecule has 0 amide bonds. The molecule has 0 aliphatic rings. The lowest BCUT2D eigenvalue weighted by molar-refractivity contribution is 0.318. The SMILES string of the molecule is Cc1ccc(N(C)C(C)CC(C)C)c(/C(N)=N/O)c1. The molecule has 0 aliphatic carbocycles. The monoisotopic (exact) mass is 263 g/mol. The largest absolute Gasteiger partial charge is 0.409 e. The highest BCUT2D eigenvalue weighted by Crippen LogP contribution is 2.24. The van der Waals surface area contributed by atoms with Crippen LogP contribution in [0.25, 0.3) is 0 Å². The summed E-state index contributed by atoms with van der Waals surface area (Å²) in [6, 6.07) is 6.41. The summed E-state index contributed by atoms with van der Waals surface area (Å²) in [7, 11) is 2.05. The van der Waals surface area contributed by atoms with Crippen molar-refractivity contribution in [2.45, 2.75) is 40.2 Å². The number of benzene rings is 1. The van der Waals surface area contributed by atoms with E-state index in [1.54, 1.807) is 0 Å². The van der Waals surface area contributed by atoms with Crippen LogP contribution in [0, 0.1) is 12.8 Å². The molecule has 1 aromatic rings. The van der Waals surface area contributed by atoms with Gasteiger partial charge in [0, 0.05) is 24.3 Å². The van der Waals surface area contributed by atoms with Crippen LogP contribution in [0.2, 0.25) is 0 Å². The highest BCUT2D eigenvalue weighted by atomic mass is 16.4. The van der Waals surface area contributed by atoms with E-state index in [1.165, 1.54) is 0 Å². The molecule has 3 N–H and O–H groups in total. The molecular weight excluding hydrogens is 238 g/mol. The lowest BCUT2D eigenvalue weighted by atomic mass is 10.0. The predicted molar refractivity (Wildman–Crippen MR) is 81.0 cm³/mol. The molecule has 0 heterocycles. The number of aryl methyl sites for hydroxylation is 1. The van der Waals surface area contributed by atoms with Gasteiger partial charge in [0.2, 0.25) is 0 Å². The van der Waals surface area contributed by atoms with Gasteiger partial charge in [-0.05, 0) is 38.3 Å². The molecule has 0 aliphatic heterocycles. The molecule has 4 nitrogen and oxygen atoms in total. The van der Waals surface area contributed by atoms with Gasteiger partial charge in [0.25, 0.3) is 0 Å². The number of nitrogens with two attached hydrogens (primary N) is 1. The summed E-state index contributed by atoms with van der Waals surface area (Å²) >= 11 is 0. The van der Waals surface area contributed by atoms with E-state index in [1.807, 2.05) is 32.2 Å². The Hall–Kier alpha value is -1.71. The Kier molecular flexibility index (Phi) is 5.21. The van der Waals surface area contributed by atoms with E-state index in [0.717, 1.165) is 23.2 Å². The molecule has 0 spiro atoms. The maximum atomic E-state index is 8.91. The number of hydrogen-bond donors (Lipinski definition) is 2. The van der Waals surface area contributed by atoms with Crippen molar-refractivity contribution in [3.63, 3.8) is 0 Å². The molecule has 0 fully saturated rings. The third kappa shape index (κ3) is 3.88. The summed E-state index contributed by atoms with van der Waals surface area (Å²) in [5, 5.41) is 12.0. The van der Waals surface area contributed by atoms with Crippen LogP contribution in [-0.2, 0) is 0 Å². The van der Waals surface area contributed by atoms with Crippen LogP contribution in [0.3, 0.4) is 0 Å². The zero-order chi connectivity index (χ0) is 14.6. The zero-order valence-corrected chi connectivity index (χ0v) is 12.5. The lowest BCUT2D eigenvalue weighted by Crippen LogP contribution is -2.32. The summed E-state index contributed by atoms with van der Waals surface area (Å²) in [5.41, 5.74) is 8.64. The van der Waals surface area contributed by atoms with Gasteiger partial charge in [0.05, 0.1) is 0 Å². The standard InChI is InChI=1S/C15H25N3O/c1-10(2)8-12(4)18(5)14-7-6-11(3)9-13(14)15(16)17-19/h6-7,9-10,12,19H,8H2,1-5H3,(H2,16,17). The second-order valence-corrected chi connectivity index (χ2v) is 5.60. The Labute approximate surface area is 115 Å². The van der Waals surface area contributed by atoms with Gasteiger partial charge in [-0.1, -0.05) is 30.6 Å². The van der Waals surface area contributed by atoms with Crippen LogP contribution in [0.1, 0.15) is 38.3 Å². The van der Waals surface area contributed by atoms with Gasteiger partial charge in [-0.2, -0.15) is 0 Å². The highest BCUT2D eigenvalue weighted by Gasteiger charge is 2.16. The predicted octanol–water partition coefficient (Wildman–Crippen LogP) is 2.96. The van der Waals surface area contributed by atoms with Crippen LogP contribution < -0.4 is 10.6 Å². The first-order valence-electron chi connectivity index (χ1n) is 6.68. The fraction of sp³-hybridized carbons (Fsp3) is 0.533. The van der Waals surface area contributed by atoms with Gasteiger partial charge in [-0.3, -0.25) is 0 Å². The fourth-order valence-electron chi connectivity index (χ4n) is 2.29. The van der Waals surface area contributed by atoms with Crippen LogP contribution >= 0.6 is 0 Å². The first kappa shape index (κ1) is 15.3. The van der Waals surface area contributed by atoms with E-state index in [9.17, 15) is 0 Å². The van der Waals surface area contributed by atoms with E-state index in [-0.39, 0.29) is 5.84 Å². The zero-order valence-electron chi connectivity index (χ0n) is 12.5. The van der Waals surface area contributed by atoms with Crippen molar-refractivity contribution in [3.8, 4) is 0 Å². The molecule has 4 heteroatoms. The summed E-state index contributed by atoms with van der Waals surface area (Å²) < 4.78 is 0. The van der Waals surface area contributed by atoms with Gasteiger partial charge in [0.15, 0.2) is 5.84 Å². The molecule has 106 valence electrons. The Morgan fingerprint density at radius 2 is 2.00 bits per heavy atom. The van der Waals surface area contributed by atoms with Crippen molar-refractivity contribution in [3.05, 3.63) is 29.3 Å². The Morgan fingerprint density at radius 3 is 2.53 bits per heavy atom. The number of amidine groups is 1. The van der Waals surface area contributed by atoms with E-state index < -0.39 is 0 Å². The van der Waals surface area contributed by atoms with Crippen molar-refractivity contribution in [1.82, 2.24) is 0 Å². The molecule has 1 atom stereocenters. The second-order valence-electron chi connectivity index (χ2n) is 5.60. The van der Waals surface area contributed by atoms with E-state index in [4.69, 9.17) is 10.9 Å². The summed E-state index contributed by atoms with van der Waals surface area (Å²) in [6.07, 6.45) is 1.10. The molecule has 0 saturated heterocycles. The average molecular weight is 263 g/mol. The number of anilines is 1. The van der Waals surface area contributed by atoms with Crippen molar-refractivity contribution in [1.29, 1.82) is 0 Å². The fourth-order valence-corrected chi connectivity index (χ4v) is 2.29. The smallest absolute Gasteiger partial charge is 0.172 e. The molecule has 0 saturated carbocycles. The molecule has 19 heavy (non-hydrogen) atoms. The summed E-state index contributed by atoms with van der Waals surface area (Å²) in [4.78, 5) is 2.19. The minimum atomic E-state index is 0.155. The quantitative estimate of drug-likeness (QED) is 0.371. The summed E-state index contributed by atoms with van der Waals surface area (Å²) in [6.45, 7) is 8.61. The second kappa shape index (κ2) is 6.45. The molecule has 0 bridgehead atoms. The Morgan fingerprint density at radius 1 is 1.37 bits per heavy atom. The molecule has 1 unspecified atom stereocenters. The van der Waals surface area contributed by atoms with Gasteiger partial charge in [-0.25, -0.2) is 0 Å². The van der Waals surface area contributed by atoms with Gasteiger partial charge in [-0.15, -0.1) is 0 Å². The van der Waals surface area contributed by atoms with Crippen molar-refractivity contribution < 1.29 is 5.21 Å². The van der Waals surface area contributed by atoms with Gasteiger partial charge < -0.3 is 15.8 Å². The number of hydrogen-bond acceptors (Lipinski definition) is 3. The third-order valence-corrected chi connectivity index (χ3v) is 3.39. The summed E-state index contributed by atoms with van der Waals surface area (Å²) in [5.74, 6) is 0.789. The normalized spacial score (nSPS) is 13.7. The average Bonchev–Trinajstić information content (AvgIpc) is 2.36. The van der Waals surface area contributed by atoms with E-state index in [2.05, 4.69) is 30.8 Å². The topological polar surface area (TPSA) is 61.8 Å². The molecule has 0 radical (unpaired) electrons. The van der Waals surface area contributed by atoms with Crippen LogP contribution in [0.4, 0.5) is 5.69 Å². The first-order valence-corrected chi connectivity index (χ1v) is 6.68. The Bertz CT molecular complexity index is 455. The number of oxime groups is 1. The first-order chi connectivity index (χ1) is 8.86. The molecule has 1 rings (SSSR count). The Balaban J connectivity index is 3.12. The van der Waals surface area contributed by atoms with Crippen molar-refractivity contribution >= 4 is 11.5 Å². The van der Waals surface area contributed by atoms with E-state index in [0.29, 0.717) is 12.0 Å². The van der Waals surface area contributed by atoms with Gasteiger partial charge in [0.1, 0.15) is 0 Å². The highest BCUT2D eigenvalue weighted by molar-refractivity contribution is 6.02. The minimum Gasteiger partial charge on any atom is -0.409 e. The molecule has 1 aromatic carbocycles. The van der Waals surface area contributed by atoms with Crippen LogP contribution in [0.5, 0.6) is 0 Å². The maximum absolute atomic E-state index is 8.91. The third-order valence-electron chi connectivity index (χ3n) is 3.39. The number of nitrogens with zero attached hydrogens (tertiary/aromatic N) is 2. The van der Waals surface area contributed by atoms with Crippen LogP contribution in [0.15, 0.2) is 23.4 Å². The van der Waals surface area contributed by atoms with E-state index >= 15 is 0 Å². The van der Waals surface area contributed by atoms with Crippen LogP contribution in [-0.4, -0.2) is 24.1 Å². The molecular formula is C15H25N3O. The van der Waals surface area contributed by atoms with Crippen molar-refractivity contribution in [2.75, 3.05) is 11.9 Å². The van der Waals surface area contributed by atoms with Crippen molar-refractivity contribution in [2.24, 2.45) is 16.8 Å². The maximum Gasteiger partial charge on any atom is 0.172 e. The minimum absolute atomic E-state index is 0.155. The lowest BCUT2D eigenvalue weighted by Gasteiger charge is -2.30. The molecule has 0 aromatic heterocycles. The number of rotatable bonds is 5.